The lowest BCUT2D eigenvalue weighted by Crippen LogP contribution is -2.19. The van der Waals surface area contributed by atoms with Gasteiger partial charge in [-0.15, -0.1) is 0 Å². The van der Waals surface area contributed by atoms with Crippen molar-refractivity contribution in [1.82, 2.24) is 19.5 Å². The Bertz CT molecular complexity index is 622. The van der Waals surface area contributed by atoms with Crippen LogP contribution in [0, 0.1) is 0 Å². The molecule has 3 N–H and O–H groups in total. The van der Waals surface area contributed by atoms with E-state index in [1.807, 2.05) is 0 Å². The Hall–Kier alpha value is -1.77. The van der Waals surface area contributed by atoms with E-state index < -0.39 is 18.4 Å². The van der Waals surface area contributed by atoms with Crippen molar-refractivity contribution < 1.29 is 14.9 Å². The first-order valence-corrected chi connectivity index (χ1v) is 5.55. The molecule has 0 spiro atoms. The van der Waals surface area contributed by atoms with E-state index in [0.717, 1.165) is 0 Å². The van der Waals surface area contributed by atoms with Crippen LogP contribution in [0.2, 0.25) is 0 Å². The Labute approximate surface area is 101 Å². The Morgan fingerprint density at radius 2 is 2.39 bits per heavy atom. The van der Waals surface area contributed by atoms with Gasteiger partial charge >= 0.3 is 0 Å². The van der Waals surface area contributed by atoms with Crippen molar-refractivity contribution in [1.29, 1.82) is 0 Å². The van der Waals surface area contributed by atoms with Gasteiger partial charge in [0.25, 0.3) is 5.56 Å². The van der Waals surface area contributed by atoms with Gasteiger partial charge in [-0.2, -0.15) is 0 Å². The van der Waals surface area contributed by atoms with Crippen molar-refractivity contribution in [2.45, 2.75) is 24.9 Å². The predicted octanol–water partition coefficient (Wildman–Crippen LogP) is -1.24. The third-order valence-corrected chi connectivity index (χ3v) is 3.01. The van der Waals surface area contributed by atoms with E-state index in [-0.39, 0.29) is 17.7 Å². The molecule has 0 aliphatic carbocycles. The summed E-state index contributed by atoms with van der Waals surface area (Å²) in [5, 5.41) is 18.9. The van der Waals surface area contributed by atoms with Crippen LogP contribution in [-0.2, 0) is 4.74 Å². The second-order valence-corrected chi connectivity index (χ2v) is 4.19. The van der Waals surface area contributed by atoms with Crippen molar-refractivity contribution in [3.8, 4) is 0 Å². The van der Waals surface area contributed by atoms with Crippen molar-refractivity contribution in [2.24, 2.45) is 0 Å². The van der Waals surface area contributed by atoms with Gasteiger partial charge in [-0.25, -0.2) is 9.97 Å². The zero-order valence-corrected chi connectivity index (χ0v) is 9.35. The number of aliphatic hydroxyl groups is 2. The number of aromatic nitrogens is 4. The van der Waals surface area contributed by atoms with Gasteiger partial charge in [0.2, 0.25) is 0 Å². The molecule has 2 unspecified atom stereocenters. The summed E-state index contributed by atoms with van der Waals surface area (Å²) in [6, 6.07) is 0. The monoisotopic (exact) mass is 252 g/mol. The van der Waals surface area contributed by atoms with Gasteiger partial charge in [0.1, 0.15) is 6.10 Å². The Morgan fingerprint density at radius 1 is 1.56 bits per heavy atom. The van der Waals surface area contributed by atoms with Crippen LogP contribution in [0.4, 0.5) is 0 Å². The van der Waals surface area contributed by atoms with Crippen LogP contribution in [0.25, 0.3) is 11.2 Å². The molecule has 0 saturated carbocycles. The summed E-state index contributed by atoms with van der Waals surface area (Å²) in [5.41, 5.74) is 0.201. The normalized spacial score (nSPS) is 28.0. The summed E-state index contributed by atoms with van der Waals surface area (Å²) in [6.45, 7) is -0.159. The molecule has 8 nitrogen and oxygen atoms in total. The summed E-state index contributed by atoms with van der Waals surface area (Å²) >= 11 is 0. The molecule has 3 atom stereocenters. The first-order valence-electron chi connectivity index (χ1n) is 5.55. The molecule has 1 saturated heterocycles. The third kappa shape index (κ3) is 1.62. The van der Waals surface area contributed by atoms with E-state index in [1.54, 1.807) is 0 Å². The number of ether oxygens (including phenoxy) is 1. The molecule has 0 amide bonds. The van der Waals surface area contributed by atoms with Gasteiger partial charge in [0.15, 0.2) is 17.4 Å². The molecule has 3 heterocycles. The Kier molecular flexibility index (Phi) is 2.62. The maximum absolute atomic E-state index is 11.5. The van der Waals surface area contributed by atoms with Crippen molar-refractivity contribution in [3.63, 3.8) is 0 Å². The minimum atomic E-state index is -0.763. The largest absolute Gasteiger partial charge is 0.394 e. The van der Waals surface area contributed by atoms with Crippen LogP contribution in [0.1, 0.15) is 12.6 Å². The molecule has 0 bridgehead atoms. The second-order valence-electron chi connectivity index (χ2n) is 4.19. The lowest BCUT2D eigenvalue weighted by Gasteiger charge is -2.16. The fourth-order valence-corrected chi connectivity index (χ4v) is 2.15. The van der Waals surface area contributed by atoms with Gasteiger partial charge in [-0.1, -0.05) is 0 Å². The van der Waals surface area contributed by atoms with Crippen LogP contribution >= 0.6 is 0 Å². The van der Waals surface area contributed by atoms with Gasteiger partial charge < -0.3 is 19.9 Å². The molecule has 96 valence electrons. The Morgan fingerprint density at radius 3 is 3.11 bits per heavy atom. The zero-order chi connectivity index (χ0) is 12.7. The SMILES string of the molecule is O=c1[nH]cnc2c1ncn2C1O[C@H](CO)CC1O. The van der Waals surface area contributed by atoms with Gasteiger partial charge in [-0.05, 0) is 0 Å². The van der Waals surface area contributed by atoms with Gasteiger partial charge in [0, 0.05) is 6.42 Å². The van der Waals surface area contributed by atoms with E-state index >= 15 is 0 Å². The zero-order valence-electron chi connectivity index (χ0n) is 9.35. The van der Waals surface area contributed by atoms with Crippen LogP contribution in [0.3, 0.4) is 0 Å². The molecule has 1 fully saturated rings. The molecule has 1 aliphatic heterocycles. The van der Waals surface area contributed by atoms with Crippen molar-refractivity contribution in [2.75, 3.05) is 6.61 Å². The van der Waals surface area contributed by atoms with Crippen LogP contribution in [0.5, 0.6) is 0 Å². The number of nitrogens with zero attached hydrogens (tertiary/aromatic N) is 3. The second kappa shape index (κ2) is 4.16. The number of nitrogens with one attached hydrogen (secondary N) is 1. The van der Waals surface area contributed by atoms with E-state index in [1.165, 1.54) is 17.2 Å². The molecule has 18 heavy (non-hydrogen) atoms. The predicted molar refractivity (Wildman–Crippen MR) is 59.8 cm³/mol. The first-order chi connectivity index (χ1) is 8.70. The standard InChI is InChI=1S/C10H12N4O4/c15-2-5-1-6(16)10(18-5)14-4-13-7-8(14)11-3-12-9(7)17/h3-6,10,15-16H,1-2H2,(H,11,12,17)/t5-,6?,10?/m0/s1. The molecule has 0 radical (unpaired) electrons. The molecule has 1 aliphatic rings. The highest BCUT2D eigenvalue weighted by Crippen LogP contribution is 2.29. The first kappa shape index (κ1) is 11.3. The minimum absolute atomic E-state index is 0.159. The van der Waals surface area contributed by atoms with Crippen LogP contribution in [-0.4, -0.2) is 48.5 Å². The topological polar surface area (TPSA) is 113 Å². The van der Waals surface area contributed by atoms with E-state index in [9.17, 15) is 9.90 Å². The van der Waals surface area contributed by atoms with E-state index in [4.69, 9.17) is 9.84 Å². The number of rotatable bonds is 2. The fourth-order valence-electron chi connectivity index (χ4n) is 2.15. The molecule has 3 rings (SSSR count). The number of hydrogen-bond acceptors (Lipinski definition) is 6. The van der Waals surface area contributed by atoms with Gasteiger partial charge in [-0.3, -0.25) is 9.36 Å². The molecule has 8 heteroatoms. The number of imidazole rings is 1. The minimum Gasteiger partial charge on any atom is -0.394 e. The molecule has 0 aromatic carbocycles. The summed E-state index contributed by atoms with van der Waals surface area (Å²) in [7, 11) is 0. The highest BCUT2D eigenvalue weighted by atomic mass is 16.5. The lowest BCUT2D eigenvalue weighted by molar-refractivity contribution is -0.0486. The highest BCUT2D eigenvalue weighted by molar-refractivity contribution is 5.68. The average Bonchev–Trinajstić information content (AvgIpc) is 2.93. The fraction of sp³-hybridized carbons (Fsp3) is 0.500. The number of hydrogen-bond donors (Lipinski definition) is 3. The van der Waals surface area contributed by atoms with Crippen LogP contribution in [0.15, 0.2) is 17.4 Å². The molecule has 2 aromatic heterocycles. The number of H-pyrrole nitrogens is 1. The lowest BCUT2D eigenvalue weighted by atomic mass is 10.2. The van der Waals surface area contributed by atoms with Crippen molar-refractivity contribution >= 4 is 11.2 Å². The van der Waals surface area contributed by atoms with Crippen LogP contribution < -0.4 is 5.56 Å². The summed E-state index contributed by atoms with van der Waals surface area (Å²) in [6.07, 6.45) is 1.16. The highest BCUT2D eigenvalue weighted by Gasteiger charge is 2.35. The number of aliphatic hydroxyl groups excluding tert-OH is 2. The summed E-state index contributed by atoms with van der Waals surface area (Å²) < 4.78 is 6.99. The molecule has 2 aromatic rings. The molecular weight excluding hydrogens is 240 g/mol. The average molecular weight is 252 g/mol. The number of aromatic amines is 1. The summed E-state index contributed by atoms with van der Waals surface area (Å²) in [4.78, 5) is 21.9. The van der Waals surface area contributed by atoms with Crippen molar-refractivity contribution in [3.05, 3.63) is 23.0 Å². The number of fused-ring (bicyclic) bond motifs is 1. The smallest absolute Gasteiger partial charge is 0.278 e. The van der Waals surface area contributed by atoms with Gasteiger partial charge in [0.05, 0.1) is 25.4 Å². The third-order valence-electron chi connectivity index (χ3n) is 3.01. The quantitative estimate of drug-likeness (QED) is 0.616. The summed E-state index contributed by atoms with van der Waals surface area (Å²) in [5.74, 6) is 0. The van der Waals surface area contributed by atoms with E-state index in [0.29, 0.717) is 12.1 Å². The maximum atomic E-state index is 11.5. The van der Waals surface area contributed by atoms with E-state index in [2.05, 4.69) is 15.0 Å². The Balaban J connectivity index is 2.05. The maximum Gasteiger partial charge on any atom is 0.278 e. The molecular formula is C10H12N4O4.